The third-order valence-corrected chi connectivity index (χ3v) is 1.60. The van der Waals surface area contributed by atoms with Crippen LogP contribution in [0.2, 0.25) is 0 Å². The van der Waals surface area contributed by atoms with Crippen molar-refractivity contribution in [3.05, 3.63) is 36.4 Å². The molecule has 106 valence electrons. The van der Waals surface area contributed by atoms with Crippen LogP contribution < -0.4 is 0 Å². The summed E-state index contributed by atoms with van der Waals surface area (Å²) in [5.41, 5.74) is 0. The van der Waals surface area contributed by atoms with Gasteiger partial charge in [0.2, 0.25) is 0 Å². The van der Waals surface area contributed by atoms with Gasteiger partial charge in [-0.1, -0.05) is 30.3 Å². The van der Waals surface area contributed by atoms with Crippen molar-refractivity contribution >= 4 is 82.9 Å². The van der Waals surface area contributed by atoms with Crippen molar-refractivity contribution < 1.29 is 9.47 Å². The molecule has 0 saturated carbocycles. The molecule has 0 fully saturated rings. The van der Waals surface area contributed by atoms with Crippen LogP contribution in [0.3, 0.4) is 0 Å². The monoisotopic (exact) mass is 440 g/mol. The molecule has 0 N–H and O–H groups in total. The van der Waals surface area contributed by atoms with Crippen LogP contribution in [-0.4, -0.2) is 46.4 Å². The van der Waals surface area contributed by atoms with E-state index in [-0.39, 0.29) is 33.2 Å². The number of hydrogen-bond donors (Lipinski definition) is 0. The molecule has 0 spiro atoms. The van der Waals surface area contributed by atoms with Crippen LogP contribution in [0.15, 0.2) is 30.3 Å². The summed E-state index contributed by atoms with van der Waals surface area (Å²) in [6, 6.07) is 12.5. The Morgan fingerprint density at radius 1 is 0.947 bits per heavy atom. The topological polar surface area (TPSA) is 18.5 Å². The maximum Gasteiger partial charge on any atom is 0.0830 e. The van der Waals surface area contributed by atoms with Crippen LogP contribution in [0.5, 0.6) is 0 Å². The zero-order valence-electron chi connectivity index (χ0n) is 10.7. The Kier molecular flexibility index (Phi) is 26.3. The fraction of sp³-hybridized carbons (Fsp3) is 0.333. The molecule has 0 aromatic heterocycles. The average Bonchev–Trinajstić information content (AvgIpc) is 2.32. The van der Waals surface area contributed by atoms with E-state index in [9.17, 15) is 0 Å². The standard InChI is InChI=1S/C6H5.2C3H6OS2.Sb/c1-2-4-6-5-3-1;2*1-2-4-3(5)6;/h1-5H;2*2H2,1H3,(H,5,6);/p-2. The molecular formula is C12H15O2S4Sb-2. The van der Waals surface area contributed by atoms with Crippen molar-refractivity contribution in [2.24, 2.45) is 0 Å². The normalized spacial score (nSPS) is 7.26. The third-order valence-electron chi connectivity index (χ3n) is 1.13. The van der Waals surface area contributed by atoms with Gasteiger partial charge in [0.15, 0.2) is 0 Å². The molecule has 0 aliphatic heterocycles. The predicted molar refractivity (Wildman–Crippen MR) is 94.2 cm³/mol. The Balaban J connectivity index is -0.000000197. The maximum atomic E-state index is 4.59. The molecule has 0 heterocycles. The molecule has 19 heavy (non-hydrogen) atoms. The molecule has 0 saturated heterocycles. The first-order valence-corrected chi connectivity index (χ1v) is 6.76. The van der Waals surface area contributed by atoms with Gasteiger partial charge in [0.05, 0.1) is 13.2 Å². The molecule has 2 nitrogen and oxygen atoms in total. The summed E-state index contributed by atoms with van der Waals surface area (Å²) in [7, 11) is 0. The van der Waals surface area contributed by atoms with E-state index in [4.69, 9.17) is 0 Å². The van der Waals surface area contributed by atoms with Crippen LogP contribution >= 0.6 is 24.4 Å². The van der Waals surface area contributed by atoms with E-state index in [0.29, 0.717) is 13.2 Å². The number of benzene rings is 1. The molecule has 1 rings (SSSR count). The van der Waals surface area contributed by atoms with Crippen molar-refractivity contribution in [2.45, 2.75) is 13.8 Å². The van der Waals surface area contributed by atoms with Gasteiger partial charge in [0.1, 0.15) is 0 Å². The molecule has 0 aliphatic carbocycles. The van der Waals surface area contributed by atoms with Gasteiger partial charge in [0, 0.05) is 33.2 Å². The van der Waals surface area contributed by atoms with E-state index in [2.05, 4.69) is 65.2 Å². The summed E-state index contributed by atoms with van der Waals surface area (Å²) < 4.78 is 9.59. The summed E-state index contributed by atoms with van der Waals surface area (Å²) in [5, 5.41) is 0. The molecule has 1 aromatic rings. The molecule has 0 bridgehead atoms. The van der Waals surface area contributed by atoms with Crippen LogP contribution in [0, 0.1) is 6.07 Å². The van der Waals surface area contributed by atoms with Gasteiger partial charge >= 0.3 is 0 Å². The third kappa shape index (κ3) is 32.1. The Morgan fingerprint density at radius 3 is 1.37 bits per heavy atom. The Hall–Kier alpha value is 0.258. The molecule has 0 amide bonds. The quantitative estimate of drug-likeness (QED) is 0.397. The number of hydrogen-bond acceptors (Lipinski definition) is 6. The van der Waals surface area contributed by atoms with Crippen molar-refractivity contribution in [3.63, 3.8) is 0 Å². The van der Waals surface area contributed by atoms with E-state index in [1.807, 2.05) is 44.2 Å². The summed E-state index contributed by atoms with van der Waals surface area (Å²) in [6.07, 6.45) is 0. The molecular weight excluding hydrogens is 426 g/mol. The van der Waals surface area contributed by atoms with Gasteiger partial charge in [-0.05, 0) is 19.9 Å². The minimum absolute atomic E-state index is 0. The minimum atomic E-state index is 0. The zero-order chi connectivity index (χ0) is 14.2. The van der Waals surface area contributed by atoms with Gasteiger partial charge in [-0.3, -0.25) is 0 Å². The largest absolute Gasteiger partial charge is 0.514 e. The van der Waals surface area contributed by atoms with E-state index >= 15 is 0 Å². The summed E-state index contributed by atoms with van der Waals surface area (Å²) >= 11 is 17.5. The number of rotatable bonds is 2. The van der Waals surface area contributed by atoms with Crippen LogP contribution in [-0.2, 0) is 34.7 Å². The van der Waals surface area contributed by atoms with Crippen molar-refractivity contribution in [3.8, 4) is 0 Å². The fourth-order valence-electron chi connectivity index (χ4n) is 0.578. The summed E-state index contributed by atoms with van der Waals surface area (Å²) in [6.45, 7) is 4.86. The Morgan fingerprint density at radius 2 is 1.32 bits per heavy atom. The summed E-state index contributed by atoms with van der Waals surface area (Å²) in [4.78, 5) is 0. The zero-order valence-corrected chi connectivity index (χ0v) is 16.5. The molecule has 7 heteroatoms. The second kappa shape index (κ2) is 20.6. The molecule has 4 radical (unpaired) electrons. The minimum Gasteiger partial charge on any atom is -0.514 e. The molecule has 0 atom stereocenters. The van der Waals surface area contributed by atoms with Gasteiger partial charge in [-0.25, -0.2) is 0 Å². The van der Waals surface area contributed by atoms with Crippen molar-refractivity contribution in [1.82, 2.24) is 0 Å². The van der Waals surface area contributed by atoms with E-state index in [1.54, 1.807) is 0 Å². The van der Waals surface area contributed by atoms with Crippen LogP contribution in [0.25, 0.3) is 0 Å². The van der Waals surface area contributed by atoms with Crippen molar-refractivity contribution in [2.75, 3.05) is 13.2 Å². The Labute approximate surface area is 154 Å². The SMILES string of the molecule is CCOC(=S)[S-].CCOC(=S)[S-].[Sb].[c]1ccccc1. The summed E-state index contributed by atoms with van der Waals surface area (Å²) in [5.74, 6) is 0. The second-order valence-corrected chi connectivity index (χ2v) is 4.44. The maximum absolute atomic E-state index is 4.59. The molecule has 1 aromatic carbocycles. The van der Waals surface area contributed by atoms with Crippen molar-refractivity contribution in [1.29, 1.82) is 0 Å². The van der Waals surface area contributed by atoms with Gasteiger partial charge in [-0.2, -0.15) is 0 Å². The number of thiocarbonyl (C=S) groups is 2. The Bertz CT molecular complexity index is 267. The number of ether oxygens (including phenoxy) is 2. The first kappa shape index (κ1) is 24.3. The fourth-order valence-corrected chi connectivity index (χ4v) is 1.05. The van der Waals surface area contributed by atoms with E-state index in [1.165, 1.54) is 0 Å². The first-order chi connectivity index (χ1) is 8.54. The molecule has 0 unspecified atom stereocenters. The van der Waals surface area contributed by atoms with Gasteiger partial charge in [-0.15, -0.1) is 0 Å². The van der Waals surface area contributed by atoms with E-state index in [0.717, 1.165) is 0 Å². The van der Waals surface area contributed by atoms with Gasteiger partial charge < -0.3 is 59.2 Å². The van der Waals surface area contributed by atoms with Crippen LogP contribution in [0.4, 0.5) is 0 Å². The van der Waals surface area contributed by atoms with E-state index < -0.39 is 0 Å². The van der Waals surface area contributed by atoms with Crippen LogP contribution in [0.1, 0.15) is 13.8 Å². The average molecular weight is 441 g/mol. The second-order valence-electron chi connectivity index (χ2n) is 2.44. The smallest absolute Gasteiger partial charge is 0.0830 e. The predicted octanol–water partition coefficient (Wildman–Crippen LogP) is 2.82. The molecule has 0 aliphatic rings. The van der Waals surface area contributed by atoms with Gasteiger partial charge in [0.25, 0.3) is 0 Å². The first-order valence-electron chi connectivity index (χ1n) is 5.13.